The maximum absolute atomic E-state index is 11.9. The van der Waals surface area contributed by atoms with Gasteiger partial charge in [0.25, 0.3) is 0 Å². The third kappa shape index (κ3) is 3.66. The van der Waals surface area contributed by atoms with Crippen molar-refractivity contribution < 1.29 is 9.53 Å². The van der Waals surface area contributed by atoms with E-state index >= 15 is 0 Å². The maximum atomic E-state index is 11.9. The highest BCUT2D eigenvalue weighted by Crippen LogP contribution is 2.18. The second-order valence-corrected chi connectivity index (χ2v) is 5.21. The minimum absolute atomic E-state index is 0.205. The maximum Gasteiger partial charge on any atom is 0.244 e. The van der Waals surface area contributed by atoms with E-state index < -0.39 is 6.04 Å². The van der Waals surface area contributed by atoms with Crippen LogP contribution in [0.5, 0.6) is 5.88 Å². The van der Waals surface area contributed by atoms with E-state index in [-0.39, 0.29) is 17.3 Å². The number of anilines is 1. The minimum Gasteiger partial charge on any atom is -0.481 e. The van der Waals surface area contributed by atoms with E-state index in [0.717, 1.165) is 0 Å². The predicted octanol–water partition coefficient (Wildman–Crippen LogP) is 1.11. The molecule has 1 aromatic rings. The molecule has 6 heteroatoms. The van der Waals surface area contributed by atoms with Crippen LogP contribution in [0.1, 0.15) is 26.5 Å². The zero-order chi connectivity index (χ0) is 13.9. The normalized spacial score (nSPS) is 13.0. The molecule has 0 aromatic carbocycles. The average molecular weight is 252 g/mol. The van der Waals surface area contributed by atoms with Gasteiger partial charge in [-0.2, -0.15) is 4.98 Å². The molecule has 0 fully saturated rings. The van der Waals surface area contributed by atoms with Crippen LogP contribution < -0.4 is 15.8 Å². The van der Waals surface area contributed by atoms with Crippen molar-refractivity contribution >= 4 is 11.9 Å². The van der Waals surface area contributed by atoms with Crippen LogP contribution in [0.4, 0.5) is 5.95 Å². The zero-order valence-corrected chi connectivity index (χ0v) is 11.4. The van der Waals surface area contributed by atoms with Gasteiger partial charge in [0, 0.05) is 11.8 Å². The standard InChI is InChI=1S/C12H20N4O2/c1-7-6-8(18-5)15-11(14-7)16-10(17)9(13)12(2,3)4/h6,9H,13H2,1-5H3,(H,14,15,16,17)/t9-/m0/s1. The Morgan fingerprint density at radius 1 is 1.44 bits per heavy atom. The molecule has 0 aliphatic rings. The number of hydrogen-bond acceptors (Lipinski definition) is 5. The van der Waals surface area contributed by atoms with Gasteiger partial charge >= 0.3 is 0 Å². The molecule has 0 saturated carbocycles. The monoisotopic (exact) mass is 252 g/mol. The van der Waals surface area contributed by atoms with Gasteiger partial charge in [0.1, 0.15) is 0 Å². The van der Waals surface area contributed by atoms with Gasteiger partial charge in [0.15, 0.2) is 0 Å². The van der Waals surface area contributed by atoms with Gasteiger partial charge in [0.05, 0.1) is 13.2 Å². The lowest BCUT2D eigenvalue weighted by Gasteiger charge is -2.25. The Bertz CT molecular complexity index is 440. The fraction of sp³-hybridized carbons (Fsp3) is 0.583. The highest BCUT2D eigenvalue weighted by molar-refractivity contribution is 5.93. The molecule has 18 heavy (non-hydrogen) atoms. The fourth-order valence-electron chi connectivity index (χ4n) is 1.28. The van der Waals surface area contributed by atoms with E-state index in [2.05, 4.69) is 15.3 Å². The molecule has 1 rings (SSSR count). The molecule has 0 spiro atoms. The number of rotatable bonds is 3. The van der Waals surface area contributed by atoms with Gasteiger partial charge in [-0.1, -0.05) is 20.8 Å². The van der Waals surface area contributed by atoms with Crippen LogP contribution in [0.3, 0.4) is 0 Å². The number of methoxy groups -OCH3 is 1. The van der Waals surface area contributed by atoms with E-state index in [1.807, 2.05) is 20.8 Å². The summed E-state index contributed by atoms with van der Waals surface area (Å²) in [4.78, 5) is 20.1. The summed E-state index contributed by atoms with van der Waals surface area (Å²) < 4.78 is 5.01. The lowest BCUT2D eigenvalue weighted by Crippen LogP contribution is -2.45. The van der Waals surface area contributed by atoms with E-state index in [9.17, 15) is 4.79 Å². The van der Waals surface area contributed by atoms with Gasteiger partial charge < -0.3 is 10.5 Å². The first kappa shape index (κ1) is 14.4. The number of nitrogens with one attached hydrogen (secondary N) is 1. The van der Waals surface area contributed by atoms with Crippen LogP contribution in [-0.4, -0.2) is 29.0 Å². The average Bonchev–Trinajstić information content (AvgIpc) is 2.25. The highest BCUT2D eigenvalue weighted by atomic mass is 16.5. The number of hydrogen-bond donors (Lipinski definition) is 2. The summed E-state index contributed by atoms with van der Waals surface area (Å²) >= 11 is 0. The van der Waals surface area contributed by atoms with Gasteiger partial charge in [-0.15, -0.1) is 0 Å². The summed E-state index contributed by atoms with van der Waals surface area (Å²) in [6.07, 6.45) is 0. The Balaban J connectivity index is 2.85. The summed E-state index contributed by atoms with van der Waals surface area (Å²) in [7, 11) is 1.51. The molecule has 1 heterocycles. The van der Waals surface area contributed by atoms with Crippen molar-refractivity contribution in [3.63, 3.8) is 0 Å². The number of carbonyl (C=O) groups is 1. The second kappa shape index (κ2) is 5.30. The summed E-state index contributed by atoms with van der Waals surface area (Å²) in [5, 5.41) is 2.60. The number of ether oxygens (including phenoxy) is 1. The molecule has 100 valence electrons. The Hall–Kier alpha value is -1.69. The number of aryl methyl sites for hydroxylation is 1. The molecule has 3 N–H and O–H groups in total. The smallest absolute Gasteiger partial charge is 0.244 e. The van der Waals surface area contributed by atoms with Crippen LogP contribution >= 0.6 is 0 Å². The van der Waals surface area contributed by atoms with Crippen molar-refractivity contribution in [2.24, 2.45) is 11.1 Å². The number of aromatic nitrogens is 2. The predicted molar refractivity (Wildman–Crippen MR) is 69.4 cm³/mol. The van der Waals surface area contributed by atoms with Gasteiger partial charge in [0.2, 0.25) is 17.7 Å². The molecule has 0 aliphatic heterocycles. The summed E-state index contributed by atoms with van der Waals surface area (Å²) in [6, 6.07) is 1.05. The van der Waals surface area contributed by atoms with Crippen molar-refractivity contribution in [2.45, 2.75) is 33.7 Å². The summed E-state index contributed by atoms with van der Waals surface area (Å²) in [5.74, 6) is 0.300. The molecule has 0 unspecified atom stereocenters. The SMILES string of the molecule is COc1cc(C)nc(NC(=O)[C@H](N)C(C)(C)C)n1. The Morgan fingerprint density at radius 2 is 2.06 bits per heavy atom. The molecule has 0 aliphatic carbocycles. The first-order valence-electron chi connectivity index (χ1n) is 5.70. The van der Waals surface area contributed by atoms with Crippen LogP contribution in [0, 0.1) is 12.3 Å². The minimum atomic E-state index is -0.632. The van der Waals surface area contributed by atoms with E-state index in [4.69, 9.17) is 10.5 Å². The van der Waals surface area contributed by atoms with Crippen molar-refractivity contribution in [1.29, 1.82) is 0 Å². The van der Waals surface area contributed by atoms with Gasteiger partial charge in [-0.3, -0.25) is 10.1 Å². The number of nitrogens with zero attached hydrogens (tertiary/aromatic N) is 2. The second-order valence-electron chi connectivity index (χ2n) is 5.21. The van der Waals surface area contributed by atoms with Gasteiger partial charge in [-0.25, -0.2) is 4.98 Å². The van der Waals surface area contributed by atoms with Crippen LogP contribution in [0.2, 0.25) is 0 Å². The zero-order valence-electron chi connectivity index (χ0n) is 11.4. The van der Waals surface area contributed by atoms with Crippen molar-refractivity contribution in [1.82, 2.24) is 9.97 Å². The molecular formula is C12H20N4O2. The van der Waals surface area contributed by atoms with E-state index in [0.29, 0.717) is 11.6 Å². The molecule has 0 bridgehead atoms. The first-order valence-corrected chi connectivity index (χ1v) is 5.70. The van der Waals surface area contributed by atoms with Crippen molar-refractivity contribution in [3.05, 3.63) is 11.8 Å². The lowest BCUT2D eigenvalue weighted by molar-refractivity contribution is -0.119. The molecule has 1 aromatic heterocycles. The Morgan fingerprint density at radius 3 is 2.56 bits per heavy atom. The van der Waals surface area contributed by atoms with E-state index in [1.165, 1.54) is 7.11 Å². The summed E-state index contributed by atoms with van der Waals surface area (Å²) in [5.41, 5.74) is 6.24. The van der Waals surface area contributed by atoms with E-state index in [1.54, 1.807) is 13.0 Å². The first-order chi connectivity index (χ1) is 8.24. The number of carbonyl (C=O) groups excluding carboxylic acids is 1. The highest BCUT2D eigenvalue weighted by Gasteiger charge is 2.28. The number of amides is 1. The number of nitrogens with two attached hydrogens (primary N) is 1. The molecule has 0 radical (unpaired) electrons. The third-order valence-electron chi connectivity index (χ3n) is 2.49. The van der Waals surface area contributed by atoms with Gasteiger partial charge in [-0.05, 0) is 12.3 Å². The summed E-state index contributed by atoms with van der Waals surface area (Å²) in [6.45, 7) is 7.49. The Labute approximate surface area is 107 Å². The topological polar surface area (TPSA) is 90.1 Å². The molecule has 0 saturated heterocycles. The van der Waals surface area contributed by atoms with Crippen LogP contribution in [0.25, 0.3) is 0 Å². The third-order valence-corrected chi connectivity index (χ3v) is 2.49. The molecule has 6 nitrogen and oxygen atoms in total. The largest absolute Gasteiger partial charge is 0.481 e. The van der Waals surface area contributed by atoms with Crippen molar-refractivity contribution in [2.75, 3.05) is 12.4 Å². The fourth-order valence-corrected chi connectivity index (χ4v) is 1.28. The van der Waals surface area contributed by atoms with Crippen LogP contribution in [0.15, 0.2) is 6.07 Å². The van der Waals surface area contributed by atoms with Crippen molar-refractivity contribution in [3.8, 4) is 5.88 Å². The quantitative estimate of drug-likeness (QED) is 0.840. The molecular weight excluding hydrogens is 232 g/mol. The molecule has 1 amide bonds. The van der Waals surface area contributed by atoms with Crippen LogP contribution in [-0.2, 0) is 4.79 Å². The lowest BCUT2D eigenvalue weighted by atomic mass is 9.87. The molecule has 1 atom stereocenters. The Kier molecular flexibility index (Phi) is 4.24.